The fraction of sp³-hybridized carbons (Fsp3) is 0.714. The molecule has 0 aliphatic rings. The molecule has 1 aromatic rings. The Kier molecular flexibility index (Phi) is 3.08. The Morgan fingerprint density at radius 3 is 2.35 bits per heavy atom. The van der Waals surface area contributed by atoms with E-state index in [1.54, 1.807) is 0 Å². The van der Waals surface area contributed by atoms with Gasteiger partial charge in [-0.1, -0.05) is 0 Å². The average molecular weight is 256 g/mol. The van der Waals surface area contributed by atoms with Crippen LogP contribution in [0.1, 0.15) is 19.7 Å². The molecule has 17 heavy (non-hydrogen) atoms. The lowest BCUT2D eigenvalue weighted by molar-refractivity contribution is -0.153. The number of aromatic nitrogens is 4. The molecular formula is C7H8F4N4O2. The maximum atomic E-state index is 13.1. The van der Waals surface area contributed by atoms with E-state index in [9.17, 15) is 22.4 Å². The largest absolute Gasteiger partial charge is 0.479 e. The van der Waals surface area contributed by atoms with Gasteiger partial charge in [0.15, 0.2) is 5.54 Å². The summed E-state index contributed by atoms with van der Waals surface area (Å²) < 4.78 is 50.6. The number of alkyl halides is 4. The van der Waals surface area contributed by atoms with E-state index < -0.39 is 29.7 Å². The van der Waals surface area contributed by atoms with Crippen LogP contribution >= 0.6 is 0 Å². The van der Waals surface area contributed by atoms with Gasteiger partial charge < -0.3 is 5.11 Å². The Balaban J connectivity index is 3.32. The minimum absolute atomic E-state index is 0.168. The third-order valence-electron chi connectivity index (χ3n) is 2.09. The van der Waals surface area contributed by atoms with Gasteiger partial charge in [-0.3, -0.25) is 0 Å². The molecule has 1 aromatic heterocycles. The molecule has 0 saturated carbocycles. The predicted molar refractivity (Wildman–Crippen MR) is 44.7 cm³/mol. The molecule has 6 nitrogen and oxygen atoms in total. The first kappa shape index (κ1) is 13.3. The maximum absolute atomic E-state index is 13.1. The number of nitrogens with zero attached hydrogens (tertiary/aromatic N) is 4. The summed E-state index contributed by atoms with van der Waals surface area (Å²) in [5, 5.41) is 17.4. The molecule has 1 rings (SSSR count). The molecule has 96 valence electrons. The third kappa shape index (κ3) is 2.06. The van der Waals surface area contributed by atoms with Gasteiger partial charge in [-0.05, 0) is 24.3 Å². The zero-order chi connectivity index (χ0) is 13.4. The van der Waals surface area contributed by atoms with Crippen molar-refractivity contribution in [2.24, 2.45) is 0 Å². The highest BCUT2D eigenvalue weighted by atomic mass is 19.3. The van der Waals surface area contributed by atoms with E-state index in [2.05, 4.69) is 15.5 Å². The van der Waals surface area contributed by atoms with E-state index in [4.69, 9.17) is 5.11 Å². The molecule has 0 radical (unpaired) electrons. The van der Waals surface area contributed by atoms with Crippen LogP contribution in [0, 0.1) is 0 Å². The maximum Gasteiger partial charge on any atom is 0.367 e. The lowest BCUT2D eigenvalue weighted by Gasteiger charge is -2.23. The number of rotatable bonds is 4. The predicted octanol–water partition coefficient (Wildman–Crippen LogP) is 0.850. The monoisotopic (exact) mass is 256 g/mol. The van der Waals surface area contributed by atoms with Gasteiger partial charge >= 0.3 is 18.3 Å². The highest BCUT2D eigenvalue weighted by molar-refractivity contribution is 5.75. The minimum Gasteiger partial charge on any atom is -0.479 e. The first-order chi connectivity index (χ1) is 7.61. The van der Waals surface area contributed by atoms with Crippen molar-refractivity contribution in [1.82, 2.24) is 20.2 Å². The summed E-state index contributed by atoms with van der Waals surface area (Å²) in [5.41, 5.74) is -1.96. The zero-order valence-electron chi connectivity index (χ0n) is 8.73. The topological polar surface area (TPSA) is 80.9 Å². The number of aliphatic carboxylic acids is 1. The van der Waals surface area contributed by atoms with Crippen LogP contribution in [0.2, 0.25) is 0 Å². The van der Waals surface area contributed by atoms with Gasteiger partial charge in [-0.15, -0.1) is 5.10 Å². The average Bonchev–Trinajstić information content (AvgIpc) is 2.66. The summed E-state index contributed by atoms with van der Waals surface area (Å²) in [6.45, 7) is 2.02. The lowest BCUT2D eigenvalue weighted by atomic mass is 10.1. The van der Waals surface area contributed by atoms with E-state index in [-0.39, 0.29) is 4.68 Å². The number of carboxylic acid groups (broad SMARTS) is 1. The normalized spacial score (nSPS) is 13.1. The number of carbonyl (C=O) groups is 1. The smallest absolute Gasteiger partial charge is 0.367 e. The molecule has 0 unspecified atom stereocenters. The van der Waals surface area contributed by atoms with Crippen molar-refractivity contribution in [2.45, 2.75) is 31.7 Å². The van der Waals surface area contributed by atoms with Crippen LogP contribution in [0.4, 0.5) is 17.6 Å². The first-order valence-corrected chi connectivity index (χ1v) is 4.30. The third-order valence-corrected chi connectivity index (χ3v) is 2.09. The van der Waals surface area contributed by atoms with Crippen molar-refractivity contribution in [3.63, 3.8) is 0 Å². The fourth-order valence-electron chi connectivity index (χ4n) is 0.960. The van der Waals surface area contributed by atoms with E-state index in [1.807, 2.05) is 0 Å². The van der Waals surface area contributed by atoms with Gasteiger partial charge in [0, 0.05) is 0 Å². The van der Waals surface area contributed by atoms with Crippen molar-refractivity contribution < 1.29 is 27.5 Å². The van der Waals surface area contributed by atoms with Crippen molar-refractivity contribution in [3.8, 4) is 0 Å². The van der Waals surface area contributed by atoms with Crippen LogP contribution in [0.15, 0.2) is 0 Å². The summed E-state index contributed by atoms with van der Waals surface area (Å²) in [4.78, 5) is 10.8. The highest BCUT2D eigenvalue weighted by Gasteiger charge is 2.50. The zero-order valence-corrected chi connectivity index (χ0v) is 8.73. The number of halogens is 4. The fourth-order valence-corrected chi connectivity index (χ4v) is 0.960. The molecule has 0 aliphatic heterocycles. The van der Waals surface area contributed by atoms with Crippen LogP contribution in [-0.2, 0) is 16.3 Å². The molecule has 0 aromatic carbocycles. The number of hydrogen-bond donors (Lipinski definition) is 1. The Hall–Kier alpha value is -1.74. The van der Waals surface area contributed by atoms with E-state index >= 15 is 0 Å². The Bertz CT molecular complexity index is 431. The molecular weight excluding hydrogens is 248 g/mol. The van der Waals surface area contributed by atoms with Gasteiger partial charge in [0.05, 0.1) is 0 Å². The van der Waals surface area contributed by atoms with Crippen molar-refractivity contribution in [2.75, 3.05) is 0 Å². The van der Waals surface area contributed by atoms with Crippen molar-refractivity contribution in [3.05, 3.63) is 5.82 Å². The molecule has 0 fully saturated rings. The standard InChI is InChI=1S/C7H8F4N4O2/c1-6(2,5(16)17)15-4(12-13-14-15)7(10,11)3(8)9/h3H,1-2H3,(H,16,17). The minimum atomic E-state index is -4.61. The molecule has 0 atom stereocenters. The Labute approximate surface area is 92.2 Å². The Morgan fingerprint density at radius 1 is 1.41 bits per heavy atom. The number of hydrogen-bond acceptors (Lipinski definition) is 4. The summed E-state index contributed by atoms with van der Waals surface area (Å²) in [5.74, 6) is -7.63. The summed E-state index contributed by atoms with van der Waals surface area (Å²) >= 11 is 0. The van der Waals surface area contributed by atoms with Gasteiger partial charge in [-0.2, -0.15) is 8.78 Å². The summed E-state index contributed by atoms with van der Waals surface area (Å²) in [7, 11) is 0. The van der Waals surface area contributed by atoms with Crippen LogP contribution in [0.3, 0.4) is 0 Å². The Morgan fingerprint density at radius 2 is 1.94 bits per heavy atom. The second kappa shape index (κ2) is 3.93. The van der Waals surface area contributed by atoms with Gasteiger partial charge in [0.25, 0.3) is 0 Å². The highest BCUT2D eigenvalue weighted by Crippen LogP contribution is 2.34. The van der Waals surface area contributed by atoms with Crippen LogP contribution < -0.4 is 0 Å². The van der Waals surface area contributed by atoms with E-state index in [1.165, 1.54) is 0 Å². The molecule has 1 N–H and O–H groups in total. The number of carboxylic acids is 1. The first-order valence-electron chi connectivity index (χ1n) is 4.30. The van der Waals surface area contributed by atoms with Crippen molar-refractivity contribution >= 4 is 5.97 Å². The molecule has 10 heteroatoms. The van der Waals surface area contributed by atoms with Crippen LogP contribution in [-0.4, -0.2) is 37.7 Å². The summed E-state index contributed by atoms with van der Waals surface area (Å²) in [6.07, 6.45) is -4.03. The lowest BCUT2D eigenvalue weighted by Crippen LogP contribution is -2.41. The second-order valence-electron chi connectivity index (χ2n) is 3.70. The number of tetrazole rings is 1. The SMILES string of the molecule is CC(C)(C(=O)O)n1nnnc1C(F)(F)C(F)F. The van der Waals surface area contributed by atoms with Crippen LogP contribution in [0.5, 0.6) is 0 Å². The van der Waals surface area contributed by atoms with E-state index in [0.29, 0.717) is 0 Å². The van der Waals surface area contributed by atoms with Gasteiger partial charge in [-0.25, -0.2) is 18.3 Å². The van der Waals surface area contributed by atoms with E-state index in [0.717, 1.165) is 13.8 Å². The quantitative estimate of drug-likeness (QED) is 0.807. The molecule has 0 spiro atoms. The molecule has 0 aliphatic carbocycles. The van der Waals surface area contributed by atoms with Crippen molar-refractivity contribution in [1.29, 1.82) is 0 Å². The molecule has 0 bridgehead atoms. The summed E-state index contributed by atoms with van der Waals surface area (Å²) in [6, 6.07) is 0. The van der Waals surface area contributed by atoms with Gasteiger partial charge in [0.2, 0.25) is 5.82 Å². The van der Waals surface area contributed by atoms with Gasteiger partial charge in [0.1, 0.15) is 0 Å². The molecule has 0 saturated heterocycles. The van der Waals surface area contributed by atoms with Crippen LogP contribution in [0.25, 0.3) is 0 Å². The molecule has 0 amide bonds. The molecule has 1 heterocycles. The second-order valence-corrected chi connectivity index (χ2v) is 3.70.